The lowest BCUT2D eigenvalue weighted by molar-refractivity contribution is 0.414. The monoisotopic (exact) mass is 306 g/mol. The number of aryl methyl sites for hydroxylation is 1. The summed E-state index contributed by atoms with van der Waals surface area (Å²) in [5.41, 5.74) is 0.595. The molecule has 2 N–H and O–H groups in total. The van der Waals surface area contributed by atoms with Crippen molar-refractivity contribution in [3.05, 3.63) is 22.7 Å². The summed E-state index contributed by atoms with van der Waals surface area (Å²) in [6.07, 6.45) is 0. The minimum atomic E-state index is -3.55. The molecule has 5 nitrogen and oxygen atoms in total. The van der Waals surface area contributed by atoms with E-state index in [9.17, 15) is 8.42 Å². The molecule has 0 spiro atoms. The summed E-state index contributed by atoms with van der Waals surface area (Å²) >= 11 is 5.96. The highest BCUT2D eigenvalue weighted by Gasteiger charge is 2.18. The average molecular weight is 307 g/mol. The van der Waals surface area contributed by atoms with Crippen LogP contribution in [0.4, 0.5) is 0 Å². The highest BCUT2D eigenvalue weighted by molar-refractivity contribution is 7.89. The van der Waals surface area contributed by atoms with E-state index in [4.69, 9.17) is 16.3 Å². The number of methoxy groups -OCH3 is 1. The number of benzene rings is 1. The van der Waals surface area contributed by atoms with Crippen LogP contribution in [0.2, 0.25) is 5.02 Å². The molecule has 19 heavy (non-hydrogen) atoms. The molecule has 0 saturated heterocycles. The van der Waals surface area contributed by atoms with Crippen LogP contribution in [0.15, 0.2) is 17.0 Å². The first-order valence-electron chi connectivity index (χ1n) is 5.97. The zero-order valence-corrected chi connectivity index (χ0v) is 12.9. The fourth-order valence-electron chi connectivity index (χ4n) is 1.61. The van der Waals surface area contributed by atoms with Gasteiger partial charge in [-0.25, -0.2) is 13.1 Å². The molecule has 0 amide bonds. The fourth-order valence-corrected chi connectivity index (χ4v) is 3.20. The number of halogens is 1. The van der Waals surface area contributed by atoms with Crippen LogP contribution in [-0.2, 0) is 10.0 Å². The molecule has 0 atom stereocenters. The van der Waals surface area contributed by atoms with Crippen molar-refractivity contribution in [2.24, 2.45) is 0 Å². The van der Waals surface area contributed by atoms with Crippen molar-refractivity contribution in [3.63, 3.8) is 0 Å². The Hall–Kier alpha value is -0.820. The number of likely N-dealkylation sites (N-methyl/N-ethyl adjacent to an activating group) is 1. The Kier molecular flexibility index (Phi) is 6.06. The first kappa shape index (κ1) is 16.2. The zero-order valence-electron chi connectivity index (χ0n) is 11.3. The summed E-state index contributed by atoms with van der Waals surface area (Å²) in [6.45, 7) is 5.38. The number of rotatable bonds is 7. The molecule has 0 aromatic heterocycles. The van der Waals surface area contributed by atoms with E-state index >= 15 is 0 Å². The van der Waals surface area contributed by atoms with Crippen molar-refractivity contribution >= 4 is 21.6 Å². The topological polar surface area (TPSA) is 67.4 Å². The zero-order chi connectivity index (χ0) is 14.5. The summed E-state index contributed by atoms with van der Waals surface area (Å²) in [5.74, 6) is 0.464. The van der Waals surface area contributed by atoms with Gasteiger partial charge in [0.25, 0.3) is 0 Å². The van der Waals surface area contributed by atoms with E-state index in [0.717, 1.165) is 6.54 Å². The summed E-state index contributed by atoms with van der Waals surface area (Å²) < 4.78 is 31.8. The van der Waals surface area contributed by atoms with E-state index in [0.29, 0.717) is 24.4 Å². The van der Waals surface area contributed by atoms with Crippen LogP contribution in [0.3, 0.4) is 0 Å². The van der Waals surface area contributed by atoms with E-state index in [1.165, 1.54) is 13.2 Å². The highest BCUT2D eigenvalue weighted by atomic mass is 35.5. The van der Waals surface area contributed by atoms with Crippen LogP contribution in [0.25, 0.3) is 0 Å². The maximum Gasteiger partial charge on any atom is 0.240 e. The van der Waals surface area contributed by atoms with Crippen LogP contribution in [0, 0.1) is 6.92 Å². The second-order valence-corrected chi connectivity index (χ2v) is 6.15. The van der Waals surface area contributed by atoms with Crippen molar-refractivity contribution in [1.29, 1.82) is 0 Å². The lowest BCUT2D eigenvalue weighted by Crippen LogP contribution is -2.32. The van der Waals surface area contributed by atoms with Gasteiger partial charge in [-0.15, -0.1) is 0 Å². The average Bonchev–Trinajstić information content (AvgIpc) is 2.36. The van der Waals surface area contributed by atoms with E-state index in [1.807, 2.05) is 6.92 Å². The summed E-state index contributed by atoms with van der Waals surface area (Å²) in [6, 6.07) is 3.02. The van der Waals surface area contributed by atoms with E-state index in [2.05, 4.69) is 10.0 Å². The fraction of sp³-hybridized carbons (Fsp3) is 0.500. The van der Waals surface area contributed by atoms with Crippen molar-refractivity contribution in [2.45, 2.75) is 18.7 Å². The maximum atomic E-state index is 12.1. The third kappa shape index (κ3) is 4.35. The number of ether oxygens (including phenoxy) is 1. The van der Waals surface area contributed by atoms with Gasteiger partial charge in [0.15, 0.2) is 0 Å². The SMILES string of the molecule is CCNCCNS(=O)(=O)c1cc(Cl)c(OC)cc1C. The van der Waals surface area contributed by atoms with Gasteiger partial charge < -0.3 is 10.1 Å². The van der Waals surface area contributed by atoms with E-state index in [1.54, 1.807) is 13.0 Å². The van der Waals surface area contributed by atoms with E-state index < -0.39 is 10.0 Å². The van der Waals surface area contributed by atoms with Crippen LogP contribution in [-0.4, -0.2) is 35.2 Å². The second-order valence-electron chi connectivity index (χ2n) is 4.00. The Bertz CT molecular complexity index is 532. The van der Waals surface area contributed by atoms with Crippen molar-refractivity contribution < 1.29 is 13.2 Å². The summed E-state index contributed by atoms with van der Waals surface area (Å²) in [5, 5.41) is 3.32. The molecule has 0 bridgehead atoms. The lowest BCUT2D eigenvalue weighted by Gasteiger charge is -2.12. The van der Waals surface area contributed by atoms with Gasteiger partial charge >= 0.3 is 0 Å². The normalized spacial score (nSPS) is 11.6. The van der Waals surface area contributed by atoms with Crippen LogP contribution in [0.5, 0.6) is 5.75 Å². The molecule has 1 aromatic carbocycles. The Balaban J connectivity index is 2.92. The van der Waals surface area contributed by atoms with Crippen LogP contribution in [0.1, 0.15) is 12.5 Å². The largest absolute Gasteiger partial charge is 0.495 e. The Morgan fingerprint density at radius 1 is 1.32 bits per heavy atom. The number of hydrogen-bond acceptors (Lipinski definition) is 4. The smallest absolute Gasteiger partial charge is 0.240 e. The van der Waals surface area contributed by atoms with Gasteiger partial charge in [0, 0.05) is 13.1 Å². The predicted molar refractivity (Wildman–Crippen MR) is 76.5 cm³/mol. The number of nitrogens with one attached hydrogen (secondary N) is 2. The molecular formula is C12H19ClN2O3S. The van der Waals surface area contributed by atoms with Crippen LogP contribution < -0.4 is 14.8 Å². The van der Waals surface area contributed by atoms with Crippen molar-refractivity contribution in [2.75, 3.05) is 26.7 Å². The molecular weight excluding hydrogens is 288 g/mol. The molecule has 7 heteroatoms. The highest BCUT2D eigenvalue weighted by Crippen LogP contribution is 2.29. The molecule has 0 unspecified atom stereocenters. The molecule has 0 saturated carbocycles. The quantitative estimate of drug-likeness (QED) is 0.750. The first-order chi connectivity index (χ1) is 8.92. The van der Waals surface area contributed by atoms with Gasteiger partial charge in [0.1, 0.15) is 5.75 Å². The minimum absolute atomic E-state index is 0.176. The molecule has 0 radical (unpaired) electrons. The number of sulfonamides is 1. The van der Waals surface area contributed by atoms with Crippen molar-refractivity contribution in [3.8, 4) is 5.75 Å². The maximum absolute atomic E-state index is 12.1. The Morgan fingerprint density at radius 3 is 2.58 bits per heavy atom. The Labute approximate surface area is 119 Å². The first-order valence-corrected chi connectivity index (χ1v) is 7.83. The lowest BCUT2D eigenvalue weighted by atomic mass is 10.2. The third-order valence-corrected chi connectivity index (χ3v) is 4.48. The van der Waals surface area contributed by atoms with Gasteiger partial charge in [-0.1, -0.05) is 18.5 Å². The summed E-state index contributed by atoms with van der Waals surface area (Å²) in [7, 11) is -2.06. The van der Waals surface area contributed by atoms with Gasteiger partial charge in [-0.3, -0.25) is 0 Å². The van der Waals surface area contributed by atoms with E-state index in [-0.39, 0.29) is 9.92 Å². The second kappa shape index (κ2) is 7.09. The van der Waals surface area contributed by atoms with Gasteiger partial charge in [-0.2, -0.15) is 0 Å². The minimum Gasteiger partial charge on any atom is -0.495 e. The predicted octanol–water partition coefficient (Wildman–Crippen LogP) is 1.54. The number of hydrogen-bond donors (Lipinski definition) is 2. The summed E-state index contributed by atoms with van der Waals surface area (Å²) in [4.78, 5) is 0.176. The molecule has 0 aliphatic rings. The molecule has 0 aliphatic carbocycles. The van der Waals surface area contributed by atoms with Crippen LogP contribution >= 0.6 is 11.6 Å². The standard InChI is InChI=1S/C12H19ClN2O3S/c1-4-14-5-6-15-19(16,17)12-8-10(13)11(18-3)7-9(12)2/h7-8,14-15H,4-6H2,1-3H3. The van der Waals surface area contributed by atoms with Gasteiger partial charge in [-0.05, 0) is 31.2 Å². The van der Waals surface area contributed by atoms with Crippen molar-refractivity contribution in [1.82, 2.24) is 10.0 Å². The molecule has 0 heterocycles. The molecule has 0 fully saturated rings. The Morgan fingerprint density at radius 2 is 2.00 bits per heavy atom. The third-order valence-electron chi connectivity index (χ3n) is 2.58. The van der Waals surface area contributed by atoms with Gasteiger partial charge in [0.2, 0.25) is 10.0 Å². The van der Waals surface area contributed by atoms with Gasteiger partial charge in [0.05, 0.1) is 17.0 Å². The molecule has 0 aliphatic heterocycles. The molecule has 1 aromatic rings. The molecule has 1 rings (SSSR count). The molecule has 108 valence electrons.